The Bertz CT molecular complexity index is 1520. The Morgan fingerprint density at radius 3 is 2.30 bits per heavy atom. The summed E-state index contributed by atoms with van der Waals surface area (Å²) in [5.41, 5.74) is 7.47. The lowest BCUT2D eigenvalue weighted by Crippen LogP contribution is -2.08. The molecule has 5 aromatic rings. The molecule has 0 unspecified atom stereocenters. The molecule has 2 heterocycles. The van der Waals surface area contributed by atoms with Gasteiger partial charge in [-0.1, -0.05) is 66.2 Å². The molecule has 0 spiro atoms. The van der Waals surface area contributed by atoms with Gasteiger partial charge in [0.2, 0.25) is 0 Å². The van der Waals surface area contributed by atoms with Crippen molar-refractivity contribution in [2.75, 3.05) is 11.9 Å². The molecule has 0 amide bonds. The number of nitrogens with zero attached hydrogens (tertiary/aromatic N) is 3. The highest BCUT2D eigenvalue weighted by atomic mass is 35.5. The molecule has 0 aliphatic carbocycles. The van der Waals surface area contributed by atoms with E-state index in [-0.39, 0.29) is 5.78 Å². The minimum Gasteiger partial charge on any atom is -0.369 e. The number of hydrogen-bond acceptors (Lipinski definition) is 4. The SMILES string of the molecule is Cc1c(C)n(Cc2ccccc2)c2ncnc(NCCc3ccc(CC(=O)c4ccc(Cl)cc4)cc3)c12. The van der Waals surface area contributed by atoms with Crippen LogP contribution in [0.3, 0.4) is 0 Å². The van der Waals surface area contributed by atoms with Gasteiger partial charge in [0.1, 0.15) is 17.8 Å². The number of aryl methyl sites for hydroxylation is 1. The summed E-state index contributed by atoms with van der Waals surface area (Å²) in [6, 6.07) is 25.7. The molecule has 37 heavy (non-hydrogen) atoms. The van der Waals surface area contributed by atoms with Crippen LogP contribution in [0, 0.1) is 13.8 Å². The quantitative estimate of drug-likeness (QED) is 0.222. The number of carbonyl (C=O) groups excluding carboxylic acids is 1. The Hall–Kier alpha value is -3.96. The fourth-order valence-corrected chi connectivity index (χ4v) is 4.76. The molecule has 0 saturated carbocycles. The van der Waals surface area contributed by atoms with Crippen molar-refractivity contribution in [2.45, 2.75) is 33.2 Å². The fraction of sp³-hybridized carbons (Fsp3) is 0.194. The Kier molecular flexibility index (Phi) is 7.33. The number of aromatic nitrogens is 3. The molecule has 5 nitrogen and oxygen atoms in total. The highest BCUT2D eigenvalue weighted by Crippen LogP contribution is 2.29. The first-order valence-corrected chi connectivity index (χ1v) is 12.8. The maximum absolute atomic E-state index is 12.5. The molecule has 0 saturated heterocycles. The molecule has 0 atom stereocenters. The van der Waals surface area contributed by atoms with Crippen molar-refractivity contribution in [3.8, 4) is 0 Å². The van der Waals surface area contributed by atoms with Crippen LogP contribution < -0.4 is 5.32 Å². The molecular weight excluding hydrogens is 480 g/mol. The van der Waals surface area contributed by atoms with Crippen LogP contribution >= 0.6 is 11.6 Å². The van der Waals surface area contributed by atoms with Gasteiger partial charge in [0, 0.05) is 35.8 Å². The van der Waals surface area contributed by atoms with E-state index >= 15 is 0 Å². The first-order valence-electron chi connectivity index (χ1n) is 12.4. The van der Waals surface area contributed by atoms with Crippen LogP contribution in [0.2, 0.25) is 5.02 Å². The van der Waals surface area contributed by atoms with Gasteiger partial charge < -0.3 is 9.88 Å². The maximum atomic E-state index is 12.5. The van der Waals surface area contributed by atoms with Gasteiger partial charge in [-0.25, -0.2) is 9.97 Å². The van der Waals surface area contributed by atoms with Crippen LogP contribution in [0.4, 0.5) is 5.82 Å². The average molecular weight is 509 g/mol. The number of nitrogens with one attached hydrogen (secondary N) is 1. The highest BCUT2D eigenvalue weighted by Gasteiger charge is 2.16. The van der Waals surface area contributed by atoms with Gasteiger partial charge in [-0.2, -0.15) is 0 Å². The van der Waals surface area contributed by atoms with Crippen molar-refractivity contribution in [3.63, 3.8) is 0 Å². The van der Waals surface area contributed by atoms with Crippen LogP contribution in [-0.4, -0.2) is 26.9 Å². The fourth-order valence-electron chi connectivity index (χ4n) is 4.63. The summed E-state index contributed by atoms with van der Waals surface area (Å²) in [4.78, 5) is 21.7. The Labute approximate surface area is 222 Å². The molecule has 0 bridgehead atoms. The van der Waals surface area contributed by atoms with Gasteiger partial charge in [-0.05, 0) is 66.8 Å². The van der Waals surface area contributed by atoms with E-state index in [1.54, 1.807) is 30.6 Å². The largest absolute Gasteiger partial charge is 0.369 e. The molecule has 0 aliphatic heterocycles. The van der Waals surface area contributed by atoms with E-state index in [4.69, 9.17) is 11.6 Å². The van der Waals surface area contributed by atoms with E-state index in [1.807, 2.05) is 18.2 Å². The van der Waals surface area contributed by atoms with Gasteiger partial charge in [0.05, 0.1) is 5.39 Å². The maximum Gasteiger partial charge on any atom is 0.167 e. The number of fused-ring (bicyclic) bond motifs is 1. The first-order chi connectivity index (χ1) is 18.0. The number of carbonyl (C=O) groups is 1. The van der Waals surface area contributed by atoms with Crippen molar-refractivity contribution >= 4 is 34.2 Å². The van der Waals surface area contributed by atoms with Gasteiger partial charge in [0.25, 0.3) is 0 Å². The summed E-state index contributed by atoms with van der Waals surface area (Å²) in [6.45, 7) is 5.80. The van der Waals surface area contributed by atoms with Crippen LogP contribution in [0.1, 0.15) is 38.3 Å². The number of anilines is 1. The molecule has 0 aliphatic rings. The normalized spacial score (nSPS) is 11.1. The molecule has 6 heteroatoms. The van der Waals surface area contributed by atoms with Crippen LogP contribution in [0.25, 0.3) is 11.0 Å². The Morgan fingerprint density at radius 1 is 0.865 bits per heavy atom. The molecule has 0 fully saturated rings. The monoisotopic (exact) mass is 508 g/mol. The Morgan fingerprint density at radius 2 is 1.57 bits per heavy atom. The van der Waals surface area contributed by atoms with Crippen molar-refractivity contribution in [1.82, 2.24) is 14.5 Å². The molecule has 5 rings (SSSR count). The van der Waals surface area contributed by atoms with Crippen molar-refractivity contribution in [2.24, 2.45) is 0 Å². The lowest BCUT2D eigenvalue weighted by atomic mass is 10.0. The molecule has 1 N–H and O–H groups in total. The lowest BCUT2D eigenvalue weighted by Gasteiger charge is -2.09. The standard InChI is InChI=1S/C31H29ClN4O/c1-21-22(2)36(19-25-6-4-3-5-7-25)31-29(21)30(34-20-35-31)33-17-16-23-8-10-24(11-9-23)18-28(37)26-12-14-27(32)15-13-26/h3-15,20H,16-19H2,1-2H3,(H,33,34,35). The predicted molar refractivity (Wildman–Crippen MR) is 151 cm³/mol. The average Bonchev–Trinajstić information content (AvgIpc) is 3.16. The second-order valence-corrected chi connectivity index (χ2v) is 9.74. The topological polar surface area (TPSA) is 59.8 Å². The van der Waals surface area contributed by atoms with Gasteiger partial charge in [-0.15, -0.1) is 0 Å². The third-order valence-electron chi connectivity index (χ3n) is 6.85. The number of halogens is 1. The number of benzene rings is 3. The minimum absolute atomic E-state index is 0.0868. The zero-order chi connectivity index (χ0) is 25.8. The Balaban J connectivity index is 1.24. The highest BCUT2D eigenvalue weighted by molar-refractivity contribution is 6.30. The van der Waals surface area contributed by atoms with Crippen molar-refractivity contribution in [1.29, 1.82) is 0 Å². The smallest absolute Gasteiger partial charge is 0.167 e. The molecule has 3 aromatic carbocycles. The number of rotatable bonds is 9. The summed E-state index contributed by atoms with van der Waals surface area (Å²) in [5, 5.41) is 5.23. The minimum atomic E-state index is 0.0868. The molecule has 186 valence electrons. The van der Waals surface area contributed by atoms with Gasteiger partial charge in [0.15, 0.2) is 5.78 Å². The van der Waals surface area contributed by atoms with Gasteiger partial charge in [-0.3, -0.25) is 4.79 Å². The summed E-state index contributed by atoms with van der Waals surface area (Å²) in [6.07, 6.45) is 2.86. The summed E-state index contributed by atoms with van der Waals surface area (Å²) in [7, 11) is 0. The van der Waals surface area contributed by atoms with E-state index < -0.39 is 0 Å². The summed E-state index contributed by atoms with van der Waals surface area (Å²) in [5.74, 6) is 0.950. The summed E-state index contributed by atoms with van der Waals surface area (Å²) < 4.78 is 2.26. The van der Waals surface area contributed by atoms with E-state index in [9.17, 15) is 4.79 Å². The number of ketones is 1. The zero-order valence-electron chi connectivity index (χ0n) is 21.0. The zero-order valence-corrected chi connectivity index (χ0v) is 21.8. The third-order valence-corrected chi connectivity index (χ3v) is 7.10. The molecular formula is C31H29ClN4O. The second kappa shape index (κ2) is 11.0. The molecule has 0 radical (unpaired) electrons. The van der Waals surface area contributed by atoms with E-state index in [0.717, 1.165) is 41.9 Å². The van der Waals surface area contributed by atoms with E-state index in [1.165, 1.54) is 22.4 Å². The van der Waals surface area contributed by atoms with E-state index in [2.05, 4.69) is 70.1 Å². The summed E-state index contributed by atoms with van der Waals surface area (Å²) >= 11 is 5.92. The van der Waals surface area contributed by atoms with Crippen molar-refractivity contribution in [3.05, 3.63) is 124 Å². The second-order valence-electron chi connectivity index (χ2n) is 9.30. The number of hydrogen-bond donors (Lipinski definition) is 1. The lowest BCUT2D eigenvalue weighted by molar-refractivity contribution is 0.0993. The van der Waals surface area contributed by atoms with Crippen LogP contribution in [0.15, 0.2) is 85.2 Å². The van der Waals surface area contributed by atoms with Gasteiger partial charge >= 0.3 is 0 Å². The van der Waals surface area contributed by atoms with Crippen LogP contribution in [0.5, 0.6) is 0 Å². The van der Waals surface area contributed by atoms with Crippen LogP contribution in [-0.2, 0) is 19.4 Å². The first kappa shape index (κ1) is 24.7. The van der Waals surface area contributed by atoms with E-state index in [0.29, 0.717) is 17.0 Å². The third kappa shape index (κ3) is 5.57. The van der Waals surface area contributed by atoms with Crippen molar-refractivity contribution < 1.29 is 4.79 Å². The predicted octanol–water partition coefficient (Wildman–Crippen LogP) is 6.83. The molecule has 2 aromatic heterocycles. The number of Topliss-reactive ketones (excluding diaryl/α,β-unsaturated/α-hetero) is 1.